The average Bonchev–Trinajstić information content (AvgIpc) is 3.49. The monoisotopic (exact) mass is 597 g/mol. The minimum Gasteiger partial charge on any atom is -0.493 e. The topological polar surface area (TPSA) is 136 Å². The zero-order chi connectivity index (χ0) is 28.1. The fraction of sp³-hybridized carbons (Fsp3) is 0.185. The van der Waals surface area contributed by atoms with Crippen LogP contribution in [0.2, 0.25) is 0 Å². The number of carbonyl (C=O) groups is 4. The molecule has 0 saturated carbocycles. The molecule has 4 amide bonds. The van der Waals surface area contributed by atoms with Crippen molar-refractivity contribution in [1.29, 1.82) is 0 Å². The summed E-state index contributed by atoms with van der Waals surface area (Å²) in [6.45, 7) is 1.33. The van der Waals surface area contributed by atoms with E-state index < -0.39 is 23.8 Å². The van der Waals surface area contributed by atoms with Gasteiger partial charge in [-0.3, -0.25) is 14.5 Å². The van der Waals surface area contributed by atoms with Gasteiger partial charge in [-0.25, -0.2) is 9.59 Å². The number of methoxy groups -OCH3 is 2. The van der Waals surface area contributed by atoms with Crippen molar-refractivity contribution >= 4 is 51.5 Å². The molecular formula is C27H24BrN3O8. The predicted molar refractivity (Wildman–Crippen MR) is 143 cm³/mol. The van der Waals surface area contributed by atoms with Crippen molar-refractivity contribution in [2.45, 2.75) is 13.5 Å². The number of furan rings is 1. The molecule has 4 rings (SSSR count). The lowest BCUT2D eigenvalue weighted by molar-refractivity contribution is -0.123. The number of nitrogens with one attached hydrogen (secondary N) is 2. The quantitative estimate of drug-likeness (QED) is 0.212. The summed E-state index contributed by atoms with van der Waals surface area (Å²) in [5, 5.41) is 5.32. The molecule has 2 N–H and O–H groups in total. The Morgan fingerprint density at radius 3 is 2.62 bits per heavy atom. The summed E-state index contributed by atoms with van der Waals surface area (Å²) in [7, 11) is 2.65. The molecule has 3 aromatic rings. The molecule has 0 spiro atoms. The van der Waals surface area contributed by atoms with Crippen LogP contribution in [0.3, 0.4) is 0 Å². The Morgan fingerprint density at radius 1 is 1.13 bits per heavy atom. The number of carbonyl (C=O) groups excluding carboxylic acids is 4. The van der Waals surface area contributed by atoms with Gasteiger partial charge in [-0.1, -0.05) is 34.1 Å². The van der Waals surface area contributed by atoms with E-state index >= 15 is 0 Å². The summed E-state index contributed by atoms with van der Waals surface area (Å²) in [4.78, 5) is 50.8. The summed E-state index contributed by atoms with van der Waals surface area (Å²) < 4.78 is 21.8. The molecular weight excluding hydrogens is 574 g/mol. The van der Waals surface area contributed by atoms with Gasteiger partial charge in [0.1, 0.15) is 11.5 Å². The molecule has 0 atom stereocenters. The predicted octanol–water partition coefficient (Wildman–Crippen LogP) is 4.26. The third-order valence-corrected chi connectivity index (χ3v) is 6.12. The third-order valence-electron chi connectivity index (χ3n) is 5.66. The second kappa shape index (κ2) is 11.9. The number of rotatable bonds is 9. The fourth-order valence-corrected chi connectivity index (χ4v) is 4.19. The SMILES string of the molecule is COC(=O)c1ccc(CN2C(=O)N/C(=C\c3cc(Br)cc(OC)c3OCC(=O)Nc3ccccc3C)C2=O)o1. The first kappa shape index (κ1) is 27.5. The largest absolute Gasteiger partial charge is 0.493 e. The van der Waals surface area contributed by atoms with Gasteiger partial charge in [0.2, 0.25) is 5.76 Å². The first-order chi connectivity index (χ1) is 18.7. The maximum absolute atomic E-state index is 13.1. The Labute approximate surface area is 231 Å². The van der Waals surface area contributed by atoms with Gasteiger partial charge in [-0.05, 0) is 48.9 Å². The van der Waals surface area contributed by atoms with Crippen LogP contribution in [0.25, 0.3) is 6.08 Å². The van der Waals surface area contributed by atoms with Crippen molar-refractivity contribution in [2.24, 2.45) is 0 Å². The molecule has 2 heterocycles. The van der Waals surface area contributed by atoms with Gasteiger partial charge in [0.15, 0.2) is 18.1 Å². The lowest BCUT2D eigenvalue weighted by Crippen LogP contribution is -2.30. The summed E-state index contributed by atoms with van der Waals surface area (Å²) in [5.41, 5.74) is 1.90. The number of esters is 1. The van der Waals surface area contributed by atoms with Crippen molar-refractivity contribution in [1.82, 2.24) is 10.2 Å². The van der Waals surface area contributed by atoms with Gasteiger partial charge < -0.3 is 29.3 Å². The Bertz CT molecular complexity index is 1480. The van der Waals surface area contributed by atoms with E-state index in [-0.39, 0.29) is 36.1 Å². The first-order valence-electron chi connectivity index (χ1n) is 11.6. The second-order valence-corrected chi connectivity index (χ2v) is 9.23. The maximum Gasteiger partial charge on any atom is 0.373 e. The molecule has 1 fully saturated rings. The lowest BCUT2D eigenvalue weighted by Gasteiger charge is -2.15. The number of urea groups is 1. The molecule has 12 heteroatoms. The second-order valence-electron chi connectivity index (χ2n) is 8.32. The van der Waals surface area contributed by atoms with Gasteiger partial charge in [0.05, 0.1) is 20.8 Å². The van der Waals surface area contributed by atoms with Crippen molar-refractivity contribution in [3.8, 4) is 11.5 Å². The van der Waals surface area contributed by atoms with Gasteiger partial charge in [-0.15, -0.1) is 0 Å². The molecule has 0 radical (unpaired) electrons. The van der Waals surface area contributed by atoms with E-state index in [4.69, 9.17) is 13.9 Å². The van der Waals surface area contributed by atoms with Crippen LogP contribution in [0.5, 0.6) is 11.5 Å². The van der Waals surface area contributed by atoms with E-state index in [0.717, 1.165) is 10.5 Å². The Balaban J connectivity index is 1.54. The smallest absolute Gasteiger partial charge is 0.373 e. The number of para-hydroxylation sites is 1. The number of hydrogen-bond acceptors (Lipinski definition) is 8. The molecule has 0 aliphatic carbocycles. The van der Waals surface area contributed by atoms with Crippen LogP contribution >= 0.6 is 15.9 Å². The minimum absolute atomic E-state index is 0.0332. The third kappa shape index (κ3) is 6.29. The van der Waals surface area contributed by atoms with Crippen molar-refractivity contribution in [3.05, 3.63) is 81.3 Å². The summed E-state index contributed by atoms with van der Waals surface area (Å²) in [6, 6.07) is 12.8. The van der Waals surface area contributed by atoms with E-state index in [1.807, 2.05) is 25.1 Å². The number of benzene rings is 2. The van der Waals surface area contributed by atoms with Crippen LogP contribution in [0.15, 0.2) is 63.1 Å². The molecule has 0 bridgehead atoms. The van der Waals surface area contributed by atoms with Gasteiger partial charge >= 0.3 is 12.0 Å². The van der Waals surface area contributed by atoms with E-state index in [9.17, 15) is 19.2 Å². The number of anilines is 1. The van der Waals surface area contributed by atoms with Crippen LogP contribution in [0.4, 0.5) is 10.5 Å². The Kier molecular flexibility index (Phi) is 8.35. The summed E-state index contributed by atoms with van der Waals surface area (Å²) in [6.07, 6.45) is 1.42. The van der Waals surface area contributed by atoms with E-state index in [0.29, 0.717) is 21.5 Å². The van der Waals surface area contributed by atoms with Gasteiger partial charge in [0, 0.05) is 15.7 Å². The summed E-state index contributed by atoms with van der Waals surface area (Å²) >= 11 is 3.40. The number of halogens is 1. The Morgan fingerprint density at radius 2 is 1.90 bits per heavy atom. The first-order valence-corrected chi connectivity index (χ1v) is 12.4. The van der Waals surface area contributed by atoms with E-state index in [1.165, 1.54) is 32.4 Å². The molecule has 202 valence electrons. The number of amides is 4. The molecule has 1 saturated heterocycles. The van der Waals surface area contributed by atoms with Crippen LogP contribution in [0, 0.1) is 6.92 Å². The van der Waals surface area contributed by atoms with Crippen LogP contribution in [-0.4, -0.2) is 49.5 Å². The van der Waals surface area contributed by atoms with Crippen molar-refractivity contribution < 1.29 is 37.8 Å². The highest BCUT2D eigenvalue weighted by Crippen LogP contribution is 2.36. The number of aryl methyl sites for hydroxylation is 1. The van der Waals surface area contributed by atoms with Gasteiger partial charge in [-0.2, -0.15) is 0 Å². The Hall–Kier alpha value is -4.58. The van der Waals surface area contributed by atoms with Crippen LogP contribution < -0.4 is 20.1 Å². The minimum atomic E-state index is -0.678. The van der Waals surface area contributed by atoms with E-state index in [1.54, 1.807) is 18.2 Å². The number of imide groups is 1. The molecule has 0 unspecified atom stereocenters. The molecule has 1 aliphatic heterocycles. The lowest BCUT2D eigenvalue weighted by atomic mass is 10.1. The highest BCUT2D eigenvalue weighted by molar-refractivity contribution is 9.10. The zero-order valence-electron chi connectivity index (χ0n) is 21.2. The molecule has 2 aromatic carbocycles. The summed E-state index contributed by atoms with van der Waals surface area (Å²) in [5.74, 6) is -1.03. The highest BCUT2D eigenvalue weighted by Gasteiger charge is 2.35. The number of nitrogens with zero attached hydrogens (tertiary/aromatic N) is 1. The number of hydrogen-bond donors (Lipinski definition) is 2. The maximum atomic E-state index is 13.1. The number of ether oxygens (including phenoxy) is 3. The zero-order valence-corrected chi connectivity index (χ0v) is 22.8. The fourth-order valence-electron chi connectivity index (χ4n) is 3.74. The van der Waals surface area contributed by atoms with Crippen LogP contribution in [0.1, 0.15) is 27.4 Å². The molecule has 1 aliphatic rings. The molecule has 39 heavy (non-hydrogen) atoms. The molecule has 11 nitrogen and oxygen atoms in total. The van der Waals surface area contributed by atoms with Gasteiger partial charge in [0.25, 0.3) is 11.8 Å². The molecule has 1 aromatic heterocycles. The van der Waals surface area contributed by atoms with Crippen LogP contribution in [-0.2, 0) is 20.9 Å². The highest BCUT2D eigenvalue weighted by atomic mass is 79.9. The van der Waals surface area contributed by atoms with E-state index in [2.05, 4.69) is 31.3 Å². The van der Waals surface area contributed by atoms with Crippen molar-refractivity contribution in [2.75, 3.05) is 26.1 Å². The van der Waals surface area contributed by atoms with Crippen molar-refractivity contribution in [3.63, 3.8) is 0 Å². The standard InChI is InChI=1S/C27H24BrN3O8/c1-15-6-4-5-7-19(15)29-23(32)14-38-24-16(10-17(28)12-22(24)36-2)11-20-25(33)31(27(35)30-20)13-18-8-9-21(39-18)26(34)37-3/h4-12H,13-14H2,1-3H3,(H,29,32)(H,30,35)/b20-11-. The normalized spacial score (nSPS) is 13.8. The average molecular weight is 598 g/mol.